The lowest BCUT2D eigenvalue weighted by atomic mass is 10.2. The summed E-state index contributed by atoms with van der Waals surface area (Å²) in [5, 5.41) is 0.513. The van der Waals surface area contributed by atoms with E-state index in [1.807, 2.05) is 13.0 Å². The Balaban J connectivity index is 2.93. The number of hydrogen-bond donors (Lipinski definition) is 0. The van der Waals surface area contributed by atoms with Crippen molar-refractivity contribution in [3.63, 3.8) is 0 Å². The summed E-state index contributed by atoms with van der Waals surface area (Å²) in [4.78, 5) is 0. The number of hydrogen-bond acceptors (Lipinski definition) is 2. The number of aryl methyl sites for hydroxylation is 1. The fraction of sp³-hybridized carbons (Fsp3) is 0.250. The Morgan fingerprint density at radius 1 is 1.58 bits per heavy atom. The Morgan fingerprint density at radius 3 is 2.75 bits per heavy atom. The molecule has 0 aliphatic rings. The van der Waals surface area contributed by atoms with Crippen molar-refractivity contribution in [3.8, 4) is 0 Å². The van der Waals surface area contributed by atoms with E-state index in [0.717, 1.165) is 5.56 Å². The van der Waals surface area contributed by atoms with Crippen molar-refractivity contribution in [1.82, 2.24) is 0 Å². The Kier molecular flexibility index (Phi) is 3.26. The molecule has 1 atom stereocenters. The van der Waals surface area contributed by atoms with E-state index in [1.54, 1.807) is 12.1 Å². The maximum Gasteiger partial charge on any atom is 0.0449 e. The summed E-state index contributed by atoms with van der Waals surface area (Å²) >= 11 is 3.73. The molecule has 0 saturated carbocycles. The first kappa shape index (κ1) is 9.71. The second-order valence-corrected chi connectivity index (χ2v) is 3.85. The van der Waals surface area contributed by atoms with Gasteiger partial charge < -0.3 is 4.55 Å². The van der Waals surface area contributed by atoms with Crippen LogP contribution in [0.4, 0.5) is 0 Å². The van der Waals surface area contributed by atoms with Crippen molar-refractivity contribution < 1.29 is 8.76 Å². The van der Waals surface area contributed by atoms with Crippen LogP contribution in [-0.2, 0) is 16.8 Å². The van der Waals surface area contributed by atoms with E-state index in [2.05, 4.69) is 0 Å². The van der Waals surface area contributed by atoms with Crippen LogP contribution < -0.4 is 0 Å². The molecule has 1 aromatic carbocycles. The van der Waals surface area contributed by atoms with Crippen LogP contribution in [0.2, 0.25) is 5.02 Å². The quantitative estimate of drug-likeness (QED) is 0.690. The van der Waals surface area contributed by atoms with E-state index in [4.69, 9.17) is 11.6 Å². The average Bonchev–Trinajstić information content (AvgIpc) is 1.94. The van der Waals surface area contributed by atoms with Gasteiger partial charge in [-0.1, -0.05) is 34.8 Å². The highest BCUT2D eigenvalue weighted by Crippen LogP contribution is 2.18. The largest absolute Gasteiger partial charge is 0.772 e. The van der Waals surface area contributed by atoms with Crippen molar-refractivity contribution in [2.45, 2.75) is 12.7 Å². The molecule has 0 aromatic heterocycles. The van der Waals surface area contributed by atoms with Gasteiger partial charge in [-0.2, -0.15) is 0 Å². The average molecular weight is 204 g/mol. The molecule has 0 heterocycles. The van der Waals surface area contributed by atoms with Crippen LogP contribution in [0, 0.1) is 6.92 Å². The molecule has 2 nitrogen and oxygen atoms in total. The molecule has 0 spiro atoms. The van der Waals surface area contributed by atoms with Gasteiger partial charge in [-0.05, 0) is 24.1 Å². The van der Waals surface area contributed by atoms with Crippen molar-refractivity contribution in [1.29, 1.82) is 0 Å². The zero-order valence-corrected chi connectivity index (χ0v) is 8.11. The van der Waals surface area contributed by atoms with Gasteiger partial charge in [0, 0.05) is 10.8 Å². The molecule has 0 aliphatic heterocycles. The smallest absolute Gasteiger partial charge is 0.0449 e. The van der Waals surface area contributed by atoms with E-state index >= 15 is 0 Å². The first-order chi connectivity index (χ1) is 5.59. The monoisotopic (exact) mass is 203 g/mol. The van der Waals surface area contributed by atoms with Gasteiger partial charge in [-0.3, -0.25) is 4.21 Å². The zero-order chi connectivity index (χ0) is 9.14. The maximum absolute atomic E-state index is 10.3. The van der Waals surface area contributed by atoms with Crippen LogP contribution in [0.25, 0.3) is 0 Å². The minimum atomic E-state index is -2.07. The third-order valence-corrected chi connectivity index (χ3v) is 2.38. The topological polar surface area (TPSA) is 40.1 Å². The molecule has 1 rings (SSSR count). The fourth-order valence-electron chi connectivity index (χ4n) is 0.896. The van der Waals surface area contributed by atoms with Crippen molar-refractivity contribution in [2.75, 3.05) is 0 Å². The molecule has 12 heavy (non-hydrogen) atoms. The Hall–Kier alpha value is -0.380. The van der Waals surface area contributed by atoms with Crippen LogP contribution in [0.5, 0.6) is 0 Å². The van der Waals surface area contributed by atoms with E-state index in [0.29, 0.717) is 10.6 Å². The highest BCUT2D eigenvalue weighted by molar-refractivity contribution is 7.78. The van der Waals surface area contributed by atoms with Crippen LogP contribution in [0.15, 0.2) is 18.2 Å². The first-order valence-corrected chi connectivity index (χ1v) is 5.02. The standard InChI is InChI=1S/C8H9ClO2S/c1-6-2-3-7(5-12(10)11)8(9)4-6/h2-4H,5H2,1H3,(H,10,11)/p-1. The molecule has 0 fully saturated rings. The molecule has 0 N–H and O–H groups in total. The predicted octanol–water partition coefficient (Wildman–Crippen LogP) is 2.03. The number of benzene rings is 1. The lowest BCUT2D eigenvalue weighted by molar-refractivity contribution is 0.536. The minimum Gasteiger partial charge on any atom is -0.772 e. The third kappa shape index (κ3) is 2.59. The van der Waals surface area contributed by atoms with Crippen LogP contribution >= 0.6 is 11.6 Å². The van der Waals surface area contributed by atoms with Gasteiger partial charge in [0.2, 0.25) is 0 Å². The zero-order valence-electron chi connectivity index (χ0n) is 6.54. The summed E-state index contributed by atoms with van der Waals surface area (Å²) in [6.07, 6.45) is 0. The number of halogens is 1. The molecule has 1 aromatic rings. The first-order valence-electron chi connectivity index (χ1n) is 3.40. The van der Waals surface area contributed by atoms with Crippen LogP contribution in [-0.4, -0.2) is 8.76 Å². The summed E-state index contributed by atoms with van der Waals surface area (Å²) in [6, 6.07) is 5.32. The van der Waals surface area contributed by atoms with Crippen molar-refractivity contribution in [3.05, 3.63) is 34.3 Å². The molecule has 1 unspecified atom stereocenters. The highest BCUT2D eigenvalue weighted by Gasteiger charge is 1.99. The van der Waals surface area contributed by atoms with Crippen molar-refractivity contribution >= 4 is 22.7 Å². The minimum absolute atomic E-state index is 0.0148. The lowest BCUT2D eigenvalue weighted by Crippen LogP contribution is -1.94. The van der Waals surface area contributed by atoms with E-state index < -0.39 is 11.1 Å². The molecular formula is C8H8ClO2S-. The summed E-state index contributed by atoms with van der Waals surface area (Å²) in [5.74, 6) is -0.0148. The predicted molar refractivity (Wildman–Crippen MR) is 48.8 cm³/mol. The molecular weight excluding hydrogens is 196 g/mol. The van der Waals surface area contributed by atoms with Crippen molar-refractivity contribution in [2.24, 2.45) is 0 Å². The second kappa shape index (κ2) is 4.03. The number of rotatable bonds is 2. The Morgan fingerprint density at radius 2 is 2.25 bits per heavy atom. The van der Waals surface area contributed by atoms with E-state index in [9.17, 15) is 8.76 Å². The van der Waals surface area contributed by atoms with Gasteiger partial charge in [-0.25, -0.2) is 0 Å². The normalized spacial score (nSPS) is 12.9. The van der Waals surface area contributed by atoms with E-state index in [1.165, 1.54) is 0 Å². The lowest BCUT2D eigenvalue weighted by Gasteiger charge is -2.07. The van der Waals surface area contributed by atoms with Gasteiger partial charge in [-0.15, -0.1) is 0 Å². The van der Waals surface area contributed by atoms with Crippen LogP contribution in [0.1, 0.15) is 11.1 Å². The van der Waals surface area contributed by atoms with E-state index in [-0.39, 0.29) is 5.75 Å². The Bertz CT molecular complexity index is 312. The molecule has 0 bridgehead atoms. The molecule has 0 saturated heterocycles. The van der Waals surface area contributed by atoms with Gasteiger partial charge in [0.15, 0.2) is 0 Å². The van der Waals surface area contributed by atoms with Crippen LogP contribution in [0.3, 0.4) is 0 Å². The summed E-state index contributed by atoms with van der Waals surface area (Å²) < 4.78 is 20.7. The molecule has 0 aliphatic carbocycles. The molecule has 0 amide bonds. The molecule has 4 heteroatoms. The SMILES string of the molecule is Cc1ccc(CS(=O)[O-])c(Cl)c1. The Labute approximate surface area is 78.8 Å². The fourth-order valence-corrected chi connectivity index (χ4v) is 1.78. The van der Waals surface area contributed by atoms with Gasteiger partial charge in [0.05, 0.1) is 0 Å². The summed E-state index contributed by atoms with van der Waals surface area (Å²) in [6.45, 7) is 1.91. The molecule has 66 valence electrons. The third-order valence-electron chi connectivity index (χ3n) is 1.48. The van der Waals surface area contributed by atoms with Gasteiger partial charge in [0.25, 0.3) is 0 Å². The summed E-state index contributed by atoms with van der Waals surface area (Å²) in [7, 11) is 0. The second-order valence-electron chi connectivity index (χ2n) is 2.54. The maximum atomic E-state index is 10.3. The summed E-state index contributed by atoms with van der Waals surface area (Å²) in [5.41, 5.74) is 1.68. The van der Waals surface area contributed by atoms with Gasteiger partial charge in [0.1, 0.15) is 0 Å². The highest BCUT2D eigenvalue weighted by atomic mass is 35.5. The van der Waals surface area contributed by atoms with Gasteiger partial charge >= 0.3 is 0 Å². The molecule has 0 radical (unpaired) electrons.